The summed E-state index contributed by atoms with van der Waals surface area (Å²) in [5.74, 6) is 0.677. The Hall–Kier alpha value is -2.18. The van der Waals surface area contributed by atoms with Crippen LogP contribution in [-0.4, -0.2) is 30.9 Å². The molecule has 3 rings (SSSR count). The molecule has 5 nitrogen and oxygen atoms in total. The minimum absolute atomic E-state index is 0.217. The third-order valence-corrected chi connectivity index (χ3v) is 5.00. The molecule has 23 heavy (non-hydrogen) atoms. The van der Waals surface area contributed by atoms with Gasteiger partial charge in [-0.3, -0.25) is 4.79 Å². The van der Waals surface area contributed by atoms with Gasteiger partial charge in [-0.15, -0.1) is 11.3 Å². The van der Waals surface area contributed by atoms with Gasteiger partial charge in [0.15, 0.2) is 6.29 Å². The van der Waals surface area contributed by atoms with E-state index >= 15 is 0 Å². The van der Waals surface area contributed by atoms with E-state index in [-0.39, 0.29) is 5.75 Å². The largest absolute Gasteiger partial charge is 0.508 e. The van der Waals surface area contributed by atoms with E-state index in [1.807, 2.05) is 6.07 Å². The molecule has 0 unspecified atom stereocenters. The van der Waals surface area contributed by atoms with E-state index in [1.54, 1.807) is 30.6 Å². The van der Waals surface area contributed by atoms with E-state index in [0.717, 1.165) is 38.0 Å². The molecule has 2 N–H and O–H groups in total. The van der Waals surface area contributed by atoms with Crippen molar-refractivity contribution in [3.05, 3.63) is 40.1 Å². The highest BCUT2D eigenvalue weighted by Gasteiger charge is 2.19. The number of hydrogen-bond acceptors (Lipinski definition) is 5. The predicted molar refractivity (Wildman–Crippen MR) is 92.4 cm³/mol. The molecule has 1 fully saturated rings. The molecule has 1 aliphatic rings. The molecule has 2 aromatic rings. The first-order chi connectivity index (χ1) is 11.3. The monoisotopic (exact) mass is 330 g/mol. The third-order valence-electron chi connectivity index (χ3n) is 3.79. The number of nitrogens with zero attached hydrogens (tertiary/aromatic N) is 1. The van der Waals surface area contributed by atoms with Crippen LogP contribution in [0.15, 0.2) is 35.3 Å². The Morgan fingerprint density at radius 2 is 2.00 bits per heavy atom. The van der Waals surface area contributed by atoms with Crippen molar-refractivity contribution in [3.8, 4) is 5.75 Å². The fourth-order valence-electron chi connectivity index (χ4n) is 2.52. The number of rotatable bonds is 5. The number of carbonyl (C=O) groups is 1. The molecule has 1 aromatic carbocycles. The van der Waals surface area contributed by atoms with Gasteiger partial charge in [-0.25, -0.2) is 4.99 Å². The lowest BCUT2D eigenvalue weighted by molar-refractivity contribution is 0.0860. The summed E-state index contributed by atoms with van der Waals surface area (Å²) in [6, 6.07) is 8.70. The second kappa shape index (κ2) is 7.39. The van der Waals surface area contributed by atoms with Crippen molar-refractivity contribution in [2.45, 2.75) is 18.8 Å². The van der Waals surface area contributed by atoms with E-state index < -0.39 is 0 Å². The van der Waals surface area contributed by atoms with E-state index in [9.17, 15) is 9.90 Å². The third kappa shape index (κ3) is 3.97. The molecule has 1 saturated heterocycles. The molecule has 0 saturated carbocycles. The SMILES string of the molecule is O=Cc1sc(C2CCOCC2)cc1/N=C\Nc1ccc(O)cc1. The van der Waals surface area contributed by atoms with E-state index in [0.29, 0.717) is 16.5 Å². The number of phenolic OH excluding ortho intramolecular Hbond substituents is 1. The molecule has 0 bridgehead atoms. The lowest BCUT2D eigenvalue weighted by Crippen LogP contribution is -2.12. The topological polar surface area (TPSA) is 70.9 Å². The molecule has 0 atom stereocenters. The van der Waals surface area contributed by atoms with Crippen molar-refractivity contribution in [2.75, 3.05) is 18.5 Å². The first-order valence-electron chi connectivity index (χ1n) is 7.51. The highest BCUT2D eigenvalue weighted by molar-refractivity contribution is 7.14. The molecule has 1 aliphatic heterocycles. The van der Waals surface area contributed by atoms with Crippen LogP contribution in [0.3, 0.4) is 0 Å². The molecule has 120 valence electrons. The summed E-state index contributed by atoms with van der Waals surface area (Å²) in [6.45, 7) is 1.56. The fraction of sp³-hybridized carbons (Fsp3) is 0.294. The summed E-state index contributed by atoms with van der Waals surface area (Å²) in [7, 11) is 0. The van der Waals surface area contributed by atoms with Crippen molar-refractivity contribution in [1.29, 1.82) is 0 Å². The summed E-state index contributed by atoms with van der Waals surface area (Å²) in [4.78, 5) is 17.5. The molecular formula is C17H18N2O3S. The van der Waals surface area contributed by atoms with Gasteiger partial charge in [0.05, 0.1) is 16.9 Å². The normalized spacial score (nSPS) is 15.8. The van der Waals surface area contributed by atoms with Crippen molar-refractivity contribution < 1.29 is 14.6 Å². The standard InChI is InChI=1S/C17H18N2O3S/c20-10-17-15(9-16(23-17)12-5-7-22-8-6-12)19-11-18-13-1-3-14(21)4-2-13/h1-4,9-12,21H,5-8H2,(H,18,19). The smallest absolute Gasteiger partial charge is 0.162 e. The highest BCUT2D eigenvalue weighted by atomic mass is 32.1. The van der Waals surface area contributed by atoms with Gasteiger partial charge < -0.3 is 15.2 Å². The first-order valence-corrected chi connectivity index (χ1v) is 8.32. The number of benzene rings is 1. The van der Waals surface area contributed by atoms with Crippen LogP contribution in [0, 0.1) is 0 Å². The molecule has 0 aliphatic carbocycles. The summed E-state index contributed by atoms with van der Waals surface area (Å²) >= 11 is 1.52. The summed E-state index contributed by atoms with van der Waals surface area (Å²) in [5, 5.41) is 12.3. The molecule has 6 heteroatoms. The lowest BCUT2D eigenvalue weighted by Gasteiger charge is -2.20. The molecule has 1 aromatic heterocycles. The second-order valence-corrected chi connectivity index (χ2v) is 6.47. The Labute approximate surface area is 138 Å². The number of anilines is 1. The van der Waals surface area contributed by atoms with Crippen molar-refractivity contribution in [2.24, 2.45) is 4.99 Å². The van der Waals surface area contributed by atoms with E-state index in [4.69, 9.17) is 4.74 Å². The number of phenols is 1. The maximum atomic E-state index is 11.3. The number of hydrogen-bond donors (Lipinski definition) is 2. The summed E-state index contributed by atoms with van der Waals surface area (Å²) in [5.41, 5.74) is 1.51. The van der Waals surface area contributed by atoms with Crippen LogP contribution in [0.2, 0.25) is 0 Å². The average molecular weight is 330 g/mol. The Bertz CT molecular complexity index is 688. The van der Waals surface area contributed by atoms with Gasteiger partial charge in [-0.2, -0.15) is 0 Å². The zero-order chi connectivity index (χ0) is 16.1. The molecular weight excluding hydrogens is 312 g/mol. The number of nitrogens with one attached hydrogen (secondary N) is 1. The fourth-order valence-corrected chi connectivity index (χ4v) is 3.61. The Morgan fingerprint density at radius 3 is 2.70 bits per heavy atom. The quantitative estimate of drug-likeness (QED) is 0.377. The number of aromatic hydroxyl groups is 1. The minimum Gasteiger partial charge on any atom is -0.508 e. The zero-order valence-electron chi connectivity index (χ0n) is 12.6. The maximum Gasteiger partial charge on any atom is 0.162 e. The van der Waals surface area contributed by atoms with Crippen LogP contribution >= 0.6 is 11.3 Å². The minimum atomic E-state index is 0.217. The van der Waals surface area contributed by atoms with Crippen LogP contribution < -0.4 is 5.32 Å². The van der Waals surface area contributed by atoms with Gasteiger partial charge >= 0.3 is 0 Å². The van der Waals surface area contributed by atoms with Crippen molar-refractivity contribution in [1.82, 2.24) is 0 Å². The van der Waals surface area contributed by atoms with Gasteiger partial charge in [-0.05, 0) is 49.1 Å². The van der Waals surface area contributed by atoms with Gasteiger partial charge in [0, 0.05) is 23.8 Å². The molecule has 0 spiro atoms. The molecule has 0 radical (unpaired) electrons. The van der Waals surface area contributed by atoms with Gasteiger partial charge in [-0.1, -0.05) is 0 Å². The first kappa shape index (κ1) is 15.7. The van der Waals surface area contributed by atoms with Crippen LogP contribution in [0.1, 0.15) is 33.3 Å². The lowest BCUT2D eigenvalue weighted by atomic mass is 9.98. The summed E-state index contributed by atoms with van der Waals surface area (Å²) < 4.78 is 5.38. The van der Waals surface area contributed by atoms with Crippen LogP contribution in [-0.2, 0) is 4.74 Å². The summed E-state index contributed by atoms with van der Waals surface area (Å²) in [6.07, 6.45) is 4.41. The van der Waals surface area contributed by atoms with Crippen LogP contribution in [0.5, 0.6) is 5.75 Å². The Morgan fingerprint density at radius 1 is 1.26 bits per heavy atom. The van der Waals surface area contributed by atoms with Gasteiger partial charge in [0.2, 0.25) is 0 Å². The van der Waals surface area contributed by atoms with E-state index in [1.165, 1.54) is 16.2 Å². The molecule has 0 amide bonds. The highest BCUT2D eigenvalue weighted by Crippen LogP contribution is 2.37. The number of ether oxygens (including phenoxy) is 1. The van der Waals surface area contributed by atoms with Crippen molar-refractivity contribution in [3.63, 3.8) is 0 Å². The maximum absolute atomic E-state index is 11.3. The number of aldehydes is 1. The number of thiophene rings is 1. The van der Waals surface area contributed by atoms with Gasteiger partial charge in [0.25, 0.3) is 0 Å². The number of aliphatic imine (C=N–C) groups is 1. The zero-order valence-corrected chi connectivity index (χ0v) is 13.4. The van der Waals surface area contributed by atoms with Gasteiger partial charge in [0.1, 0.15) is 5.75 Å². The Balaban J connectivity index is 1.71. The molecule has 2 heterocycles. The van der Waals surface area contributed by atoms with E-state index in [2.05, 4.69) is 10.3 Å². The average Bonchev–Trinajstić information content (AvgIpc) is 3.01. The number of carbonyl (C=O) groups excluding carboxylic acids is 1. The van der Waals surface area contributed by atoms with Crippen LogP contribution in [0.4, 0.5) is 11.4 Å². The predicted octanol–water partition coefficient (Wildman–Crippen LogP) is 3.93. The Kier molecular flexibility index (Phi) is 5.05. The van der Waals surface area contributed by atoms with Crippen molar-refractivity contribution >= 4 is 35.3 Å². The van der Waals surface area contributed by atoms with Crippen LogP contribution in [0.25, 0.3) is 0 Å². The second-order valence-electron chi connectivity index (χ2n) is 5.35.